The van der Waals surface area contributed by atoms with Crippen molar-refractivity contribution in [1.29, 1.82) is 0 Å². The van der Waals surface area contributed by atoms with Gasteiger partial charge in [-0.3, -0.25) is 4.79 Å². The third-order valence-corrected chi connectivity index (χ3v) is 4.66. The Hall–Kier alpha value is -2.56. The fourth-order valence-corrected chi connectivity index (χ4v) is 3.06. The van der Waals surface area contributed by atoms with E-state index >= 15 is 0 Å². The molecule has 0 bridgehead atoms. The number of carbonyl (C=O) groups is 2. The number of hydrogen-bond acceptors (Lipinski definition) is 4. The number of amides is 1. The summed E-state index contributed by atoms with van der Waals surface area (Å²) >= 11 is 0. The Morgan fingerprint density at radius 1 is 1.16 bits per heavy atom. The zero-order chi connectivity index (χ0) is 17.8. The molecular weight excluding hydrogens is 318 g/mol. The number of carbonyl (C=O) groups excluding carboxylic acids is 2. The molecule has 1 amide bonds. The van der Waals surface area contributed by atoms with Crippen LogP contribution in [0.2, 0.25) is 0 Å². The van der Waals surface area contributed by atoms with E-state index in [1.54, 1.807) is 17.9 Å². The Labute approximate surface area is 147 Å². The highest BCUT2D eigenvalue weighted by atomic mass is 16.6. The number of ether oxygens (including phenoxy) is 1. The summed E-state index contributed by atoms with van der Waals surface area (Å²) in [4.78, 5) is 26.7. The van der Waals surface area contributed by atoms with Gasteiger partial charge in [-0.25, -0.2) is 4.79 Å². The van der Waals surface area contributed by atoms with Crippen LogP contribution in [0.4, 0.5) is 0 Å². The van der Waals surface area contributed by atoms with Crippen LogP contribution in [0.5, 0.6) is 0 Å². The molecule has 1 aromatic heterocycles. The molecule has 1 aliphatic heterocycles. The third-order valence-electron chi connectivity index (χ3n) is 4.66. The highest BCUT2D eigenvalue weighted by molar-refractivity contribution is 5.96. The molecule has 1 fully saturated rings. The Morgan fingerprint density at radius 3 is 2.52 bits per heavy atom. The number of nitrogens with zero attached hydrogens (tertiary/aromatic N) is 1. The van der Waals surface area contributed by atoms with E-state index in [4.69, 9.17) is 9.15 Å². The largest absolute Gasteiger partial charge is 0.457 e. The summed E-state index contributed by atoms with van der Waals surface area (Å²) in [6.07, 6.45) is 2.61. The van der Waals surface area contributed by atoms with Crippen molar-refractivity contribution >= 4 is 11.9 Å². The summed E-state index contributed by atoms with van der Waals surface area (Å²) in [5, 5.41) is 0. The first kappa shape index (κ1) is 17.3. The van der Waals surface area contributed by atoms with E-state index in [1.165, 1.54) is 6.26 Å². The van der Waals surface area contributed by atoms with Crippen molar-refractivity contribution in [2.45, 2.75) is 32.8 Å². The fourth-order valence-electron chi connectivity index (χ4n) is 3.06. The number of hydrogen-bond donors (Lipinski definition) is 0. The maximum Gasteiger partial charge on any atom is 0.375 e. The van der Waals surface area contributed by atoms with Crippen LogP contribution in [0.1, 0.15) is 37.2 Å². The molecular formula is C20H23NO4. The van der Waals surface area contributed by atoms with Gasteiger partial charge in [0, 0.05) is 18.7 Å². The number of esters is 1. The smallest absolute Gasteiger partial charge is 0.375 e. The molecule has 0 spiro atoms. The Morgan fingerprint density at radius 2 is 1.84 bits per heavy atom. The molecule has 0 saturated carbocycles. The molecule has 5 heteroatoms. The molecule has 2 aromatic rings. The van der Waals surface area contributed by atoms with E-state index in [1.807, 2.05) is 30.3 Å². The highest BCUT2D eigenvalue weighted by Gasteiger charge is 2.28. The van der Waals surface area contributed by atoms with Gasteiger partial charge in [-0.2, -0.15) is 0 Å². The van der Waals surface area contributed by atoms with Crippen molar-refractivity contribution in [2.75, 3.05) is 13.1 Å². The van der Waals surface area contributed by atoms with Crippen LogP contribution in [0.25, 0.3) is 11.1 Å². The zero-order valence-electron chi connectivity index (χ0n) is 14.6. The van der Waals surface area contributed by atoms with Crippen LogP contribution < -0.4 is 0 Å². The first-order valence-electron chi connectivity index (χ1n) is 8.69. The van der Waals surface area contributed by atoms with Gasteiger partial charge in [-0.1, -0.05) is 37.3 Å². The summed E-state index contributed by atoms with van der Waals surface area (Å²) < 4.78 is 10.7. The predicted octanol–water partition coefficient (Wildman–Crippen LogP) is 3.75. The van der Waals surface area contributed by atoms with E-state index < -0.39 is 12.1 Å². The van der Waals surface area contributed by atoms with Crippen molar-refractivity contribution in [3.8, 4) is 11.1 Å². The van der Waals surface area contributed by atoms with Crippen molar-refractivity contribution in [2.24, 2.45) is 5.92 Å². The van der Waals surface area contributed by atoms with E-state index in [-0.39, 0.29) is 11.7 Å². The van der Waals surface area contributed by atoms with Crippen LogP contribution in [0.15, 0.2) is 47.1 Å². The topological polar surface area (TPSA) is 59.8 Å². The minimum atomic E-state index is -0.824. The minimum Gasteiger partial charge on any atom is -0.457 e. The van der Waals surface area contributed by atoms with Crippen molar-refractivity contribution in [3.63, 3.8) is 0 Å². The van der Waals surface area contributed by atoms with Gasteiger partial charge < -0.3 is 14.1 Å². The monoisotopic (exact) mass is 341 g/mol. The molecule has 1 aromatic carbocycles. The van der Waals surface area contributed by atoms with E-state index in [0.717, 1.165) is 31.5 Å². The van der Waals surface area contributed by atoms with Gasteiger partial charge in [0.25, 0.3) is 5.91 Å². The Balaban J connectivity index is 1.67. The lowest BCUT2D eigenvalue weighted by Crippen LogP contribution is -2.44. The van der Waals surface area contributed by atoms with Crippen molar-refractivity contribution in [1.82, 2.24) is 4.90 Å². The van der Waals surface area contributed by atoms with Gasteiger partial charge in [-0.05, 0) is 37.3 Å². The number of rotatable bonds is 4. The molecule has 1 aliphatic rings. The standard InChI is InChI=1S/C20H23NO4/c1-14-8-11-21(12-9-14)19(22)15(2)25-20(23)18-17(10-13-24-18)16-6-4-3-5-7-16/h3-7,10,13-15H,8-9,11-12H2,1-2H3/t15-/m1/s1. The highest BCUT2D eigenvalue weighted by Crippen LogP contribution is 2.26. The lowest BCUT2D eigenvalue weighted by Gasteiger charge is -2.31. The predicted molar refractivity (Wildman–Crippen MR) is 94.0 cm³/mol. The van der Waals surface area contributed by atoms with Crippen LogP contribution in [-0.4, -0.2) is 36.0 Å². The van der Waals surface area contributed by atoms with Crippen molar-refractivity contribution in [3.05, 3.63) is 48.4 Å². The first-order valence-corrected chi connectivity index (χ1v) is 8.69. The fraction of sp³-hybridized carbons (Fsp3) is 0.400. The molecule has 0 unspecified atom stereocenters. The SMILES string of the molecule is CC1CCN(C(=O)[C@@H](C)OC(=O)c2occc2-c2ccccc2)CC1. The van der Waals surface area contributed by atoms with Crippen LogP contribution in [-0.2, 0) is 9.53 Å². The molecule has 5 nitrogen and oxygen atoms in total. The lowest BCUT2D eigenvalue weighted by molar-refractivity contribution is -0.141. The van der Waals surface area contributed by atoms with Gasteiger partial charge in [-0.15, -0.1) is 0 Å². The van der Waals surface area contributed by atoms with Gasteiger partial charge in [0.1, 0.15) is 0 Å². The van der Waals surface area contributed by atoms with Crippen LogP contribution >= 0.6 is 0 Å². The molecule has 1 saturated heterocycles. The van der Waals surface area contributed by atoms with Gasteiger partial charge >= 0.3 is 5.97 Å². The summed E-state index contributed by atoms with van der Waals surface area (Å²) in [5.74, 6) is -0.000259. The molecule has 0 radical (unpaired) electrons. The quantitative estimate of drug-likeness (QED) is 0.795. The number of furan rings is 1. The first-order chi connectivity index (χ1) is 12.1. The Bertz CT molecular complexity index is 729. The summed E-state index contributed by atoms with van der Waals surface area (Å²) in [5.41, 5.74) is 1.53. The average molecular weight is 341 g/mol. The van der Waals surface area contributed by atoms with Gasteiger partial charge in [0.2, 0.25) is 5.76 Å². The molecule has 3 rings (SSSR count). The summed E-state index contributed by atoms with van der Waals surface area (Å²) in [6.45, 7) is 5.24. The van der Waals surface area contributed by atoms with E-state index in [9.17, 15) is 9.59 Å². The van der Waals surface area contributed by atoms with Crippen LogP contribution in [0, 0.1) is 5.92 Å². The molecule has 2 heterocycles. The number of piperidine rings is 1. The third kappa shape index (κ3) is 3.92. The molecule has 0 N–H and O–H groups in total. The summed E-state index contributed by atoms with van der Waals surface area (Å²) in [7, 11) is 0. The van der Waals surface area contributed by atoms with E-state index in [0.29, 0.717) is 11.5 Å². The molecule has 25 heavy (non-hydrogen) atoms. The minimum absolute atomic E-state index is 0.123. The summed E-state index contributed by atoms with van der Waals surface area (Å²) in [6, 6.07) is 11.2. The lowest BCUT2D eigenvalue weighted by atomic mass is 9.99. The van der Waals surface area contributed by atoms with Crippen LogP contribution in [0.3, 0.4) is 0 Å². The number of benzene rings is 1. The normalized spacial score (nSPS) is 16.5. The second kappa shape index (κ2) is 7.55. The maximum absolute atomic E-state index is 12.5. The van der Waals surface area contributed by atoms with Gasteiger partial charge in [0.15, 0.2) is 6.10 Å². The average Bonchev–Trinajstić information content (AvgIpc) is 3.12. The molecule has 132 valence electrons. The number of likely N-dealkylation sites (tertiary alicyclic amines) is 1. The Kier molecular flexibility index (Phi) is 5.22. The maximum atomic E-state index is 12.5. The zero-order valence-corrected chi connectivity index (χ0v) is 14.6. The molecule has 0 aliphatic carbocycles. The van der Waals surface area contributed by atoms with E-state index in [2.05, 4.69) is 6.92 Å². The second-order valence-electron chi connectivity index (χ2n) is 6.58. The van der Waals surface area contributed by atoms with Gasteiger partial charge in [0.05, 0.1) is 6.26 Å². The van der Waals surface area contributed by atoms with Crippen molar-refractivity contribution < 1.29 is 18.7 Å². The second-order valence-corrected chi connectivity index (χ2v) is 6.58. The molecule has 1 atom stereocenters.